The number of ether oxygens (including phenoxy) is 2. The van der Waals surface area contributed by atoms with Gasteiger partial charge in [-0.3, -0.25) is 4.79 Å². The average Bonchev–Trinajstić information content (AvgIpc) is 3.20. The summed E-state index contributed by atoms with van der Waals surface area (Å²) in [6, 6.07) is 13.0. The van der Waals surface area contributed by atoms with Gasteiger partial charge in [-0.15, -0.1) is 11.3 Å². The predicted molar refractivity (Wildman–Crippen MR) is 130 cm³/mol. The van der Waals surface area contributed by atoms with Gasteiger partial charge in [0.15, 0.2) is 0 Å². The van der Waals surface area contributed by atoms with Crippen LogP contribution in [0.5, 0.6) is 5.75 Å². The van der Waals surface area contributed by atoms with E-state index in [4.69, 9.17) is 32.7 Å². The lowest BCUT2D eigenvalue weighted by Gasteiger charge is -2.09. The molecule has 0 aliphatic carbocycles. The van der Waals surface area contributed by atoms with Gasteiger partial charge in [0.1, 0.15) is 16.3 Å². The van der Waals surface area contributed by atoms with Crippen LogP contribution in [0.15, 0.2) is 47.8 Å². The van der Waals surface area contributed by atoms with E-state index in [0.29, 0.717) is 39.4 Å². The zero-order valence-corrected chi connectivity index (χ0v) is 20.1. The zero-order valence-electron chi connectivity index (χ0n) is 17.7. The molecule has 0 saturated heterocycles. The molecule has 1 aromatic heterocycles. The van der Waals surface area contributed by atoms with Crippen LogP contribution in [0.1, 0.15) is 35.7 Å². The topological polar surface area (TPSA) is 64.6 Å². The number of thiophene rings is 1. The lowest BCUT2D eigenvalue weighted by atomic mass is 10.0. The number of methoxy groups -OCH3 is 1. The van der Waals surface area contributed by atoms with Crippen LogP contribution in [0.2, 0.25) is 10.0 Å². The third-order valence-electron chi connectivity index (χ3n) is 4.81. The molecule has 3 aromatic rings. The van der Waals surface area contributed by atoms with Gasteiger partial charge in [-0.2, -0.15) is 0 Å². The number of carbonyl (C=O) groups is 2. The standard InChI is InChI=1S/C24H23Cl2NO4S/c1-3-15-6-8-16(9-7-15)18-14-32-23(22(18)24(29)30-2)27-21(28)5-4-12-31-20-11-10-17(25)13-19(20)26/h6-11,13-14H,3-5,12H2,1-2H3,(H,27,28). The van der Waals surface area contributed by atoms with E-state index in [1.54, 1.807) is 18.2 Å². The number of halogens is 2. The van der Waals surface area contributed by atoms with Crippen molar-refractivity contribution in [1.82, 2.24) is 0 Å². The molecule has 0 aliphatic heterocycles. The summed E-state index contributed by atoms with van der Waals surface area (Å²) < 4.78 is 10.6. The van der Waals surface area contributed by atoms with Crippen LogP contribution in [0, 0.1) is 0 Å². The molecule has 168 valence electrons. The first-order chi connectivity index (χ1) is 15.4. The fourth-order valence-electron chi connectivity index (χ4n) is 3.08. The molecule has 2 aromatic carbocycles. The number of amides is 1. The Labute approximate surface area is 201 Å². The predicted octanol–water partition coefficient (Wildman–Crippen LogP) is 6.87. The summed E-state index contributed by atoms with van der Waals surface area (Å²) in [6.07, 6.45) is 1.64. The van der Waals surface area contributed by atoms with Crippen LogP contribution in [-0.2, 0) is 16.0 Å². The van der Waals surface area contributed by atoms with E-state index in [9.17, 15) is 9.59 Å². The molecule has 0 spiro atoms. The van der Waals surface area contributed by atoms with Crippen molar-refractivity contribution in [3.05, 3.63) is 69.0 Å². The quantitative estimate of drug-likeness (QED) is 0.262. The highest BCUT2D eigenvalue weighted by molar-refractivity contribution is 7.15. The van der Waals surface area contributed by atoms with Crippen LogP contribution in [0.4, 0.5) is 5.00 Å². The second-order valence-electron chi connectivity index (χ2n) is 6.97. The van der Waals surface area contributed by atoms with E-state index in [2.05, 4.69) is 12.2 Å². The Kier molecular flexibility index (Phi) is 8.56. The van der Waals surface area contributed by atoms with Crippen molar-refractivity contribution in [1.29, 1.82) is 0 Å². The number of hydrogen-bond acceptors (Lipinski definition) is 5. The number of carbonyl (C=O) groups excluding carboxylic acids is 2. The summed E-state index contributed by atoms with van der Waals surface area (Å²) in [4.78, 5) is 24.9. The number of benzene rings is 2. The largest absolute Gasteiger partial charge is 0.492 e. The molecular weight excluding hydrogens is 469 g/mol. The fraction of sp³-hybridized carbons (Fsp3) is 0.250. The second kappa shape index (κ2) is 11.4. The van der Waals surface area contributed by atoms with Crippen LogP contribution in [0.25, 0.3) is 11.1 Å². The van der Waals surface area contributed by atoms with Crippen LogP contribution in [-0.4, -0.2) is 25.6 Å². The summed E-state index contributed by atoms with van der Waals surface area (Å²) in [7, 11) is 1.33. The summed E-state index contributed by atoms with van der Waals surface area (Å²) in [5.41, 5.74) is 3.20. The monoisotopic (exact) mass is 491 g/mol. The number of hydrogen-bond donors (Lipinski definition) is 1. The molecule has 0 fully saturated rings. The van der Waals surface area contributed by atoms with Crippen molar-refractivity contribution >= 4 is 51.4 Å². The van der Waals surface area contributed by atoms with Gasteiger partial charge in [-0.25, -0.2) is 4.79 Å². The van der Waals surface area contributed by atoms with Crippen molar-refractivity contribution < 1.29 is 19.1 Å². The first kappa shape index (κ1) is 24.1. The Morgan fingerprint density at radius 1 is 1.09 bits per heavy atom. The number of anilines is 1. The Balaban J connectivity index is 1.63. The van der Waals surface area contributed by atoms with E-state index in [1.165, 1.54) is 24.0 Å². The number of nitrogens with one attached hydrogen (secondary N) is 1. The SMILES string of the molecule is CCc1ccc(-c2csc(NC(=O)CCCOc3ccc(Cl)cc3Cl)c2C(=O)OC)cc1. The molecular formula is C24H23Cl2NO4S. The maximum absolute atomic E-state index is 12.5. The fourth-order valence-corrected chi connectivity index (χ4v) is 4.52. The number of rotatable bonds is 9. The van der Waals surface area contributed by atoms with E-state index in [1.807, 2.05) is 29.6 Å². The second-order valence-corrected chi connectivity index (χ2v) is 8.69. The Hall–Kier alpha value is -2.54. The average molecular weight is 492 g/mol. The van der Waals surface area contributed by atoms with Crippen molar-refractivity contribution in [2.75, 3.05) is 19.0 Å². The summed E-state index contributed by atoms with van der Waals surface area (Å²) >= 11 is 13.2. The van der Waals surface area contributed by atoms with Gasteiger partial charge in [0.05, 0.1) is 18.7 Å². The van der Waals surface area contributed by atoms with Gasteiger partial charge in [0.2, 0.25) is 5.91 Å². The maximum atomic E-state index is 12.5. The van der Waals surface area contributed by atoms with Gasteiger partial charge in [0.25, 0.3) is 0 Å². The van der Waals surface area contributed by atoms with Crippen molar-refractivity contribution in [2.24, 2.45) is 0 Å². The highest BCUT2D eigenvalue weighted by Gasteiger charge is 2.22. The first-order valence-corrected chi connectivity index (χ1v) is 11.7. The van der Waals surface area contributed by atoms with Gasteiger partial charge < -0.3 is 14.8 Å². The molecule has 32 heavy (non-hydrogen) atoms. The highest BCUT2D eigenvalue weighted by Crippen LogP contribution is 2.36. The normalized spacial score (nSPS) is 10.6. The molecule has 3 rings (SSSR count). The highest BCUT2D eigenvalue weighted by atomic mass is 35.5. The minimum absolute atomic E-state index is 0.212. The van der Waals surface area contributed by atoms with E-state index < -0.39 is 5.97 Å². The molecule has 1 amide bonds. The Bertz CT molecular complexity index is 1100. The molecule has 0 aliphatic rings. The molecule has 1 heterocycles. The third-order valence-corrected chi connectivity index (χ3v) is 6.23. The minimum atomic E-state index is -0.489. The van der Waals surface area contributed by atoms with Crippen LogP contribution < -0.4 is 10.1 Å². The van der Waals surface area contributed by atoms with E-state index in [-0.39, 0.29) is 12.3 Å². The Morgan fingerprint density at radius 2 is 1.84 bits per heavy atom. The van der Waals surface area contributed by atoms with E-state index in [0.717, 1.165) is 17.5 Å². The van der Waals surface area contributed by atoms with Crippen molar-refractivity contribution in [3.63, 3.8) is 0 Å². The molecule has 0 atom stereocenters. The zero-order chi connectivity index (χ0) is 23.1. The molecule has 0 unspecified atom stereocenters. The van der Waals surface area contributed by atoms with Gasteiger partial charge in [0, 0.05) is 22.4 Å². The summed E-state index contributed by atoms with van der Waals surface area (Å²) in [5, 5.41) is 6.11. The van der Waals surface area contributed by atoms with Gasteiger partial charge in [-0.1, -0.05) is 54.4 Å². The molecule has 0 bridgehead atoms. The molecule has 1 N–H and O–H groups in total. The number of esters is 1. The van der Waals surface area contributed by atoms with Crippen molar-refractivity contribution in [2.45, 2.75) is 26.2 Å². The summed E-state index contributed by atoms with van der Waals surface area (Å²) in [5.74, 6) is -0.186. The smallest absolute Gasteiger partial charge is 0.341 e. The van der Waals surface area contributed by atoms with Gasteiger partial charge in [-0.05, 0) is 42.2 Å². The molecule has 5 nitrogen and oxygen atoms in total. The lowest BCUT2D eigenvalue weighted by Crippen LogP contribution is -2.15. The van der Waals surface area contributed by atoms with E-state index >= 15 is 0 Å². The van der Waals surface area contributed by atoms with Gasteiger partial charge >= 0.3 is 5.97 Å². The Morgan fingerprint density at radius 3 is 2.50 bits per heavy atom. The number of aryl methyl sites for hydroxylation is 1. The maximum Gasteiger partial charge on any atom is 0.341 e. The minimum Gasteiger partial charge on any atom is -0.492 e. The van der Waals surface area contributed by atoms with Crippen molar-refractivity contribution in [3.8, 4) is 16.9 Å². The summed E-state index contributed by atoms with van der Waals surface area (Å²) in [6.45, 7) is 2.40. The third kappa shape index (κ3) is 6.03. The first-order valence-electron chi connectivity index (χ1n) is 10.1. The lowest BCUT2D eigenvalue weighted by molar-refractivity contribution is -0.116. The molecule has 0 saturated carbocycles. The van der Waals surface area contributed by atoms with Crippen LogP contribution >= 0.6 is 34.5 Å². The van der Waals surface area contributed by atoms with Crippen LogP contribution in [0.3, 0.4) is 0 Å². The molecule has 0 radical (unpaired) electrons. The molecule has 8 heteroatoms.